The van der Waals surface area contributed by atoms with Gasteiger partial charge in [-0.15, -0.1) is 0 Å². The van der Waals surface area contributed by atoms with Crippen molar-refractivity contribution in [2.75, 3.05) is 26.4 Å². The van der Waals surface area contributed by atoms with Gasteiger partial charge in [-0.05, 0) is 55.5 Å². The van der Waals surface area contributed by atoms with Gasteiger partial charge in [-0.25, -0.2) is 9.37 Å². The van der Waals surface area contributed by atoms with Crippen LogP contribution in [0, 0.1) is 5.82 Å². The van der Waals surface area contributed by atoms with Crippen molar-refractivity contribution in [3.05, 3.63) is 83.4 Å². The van der Waals surface area contributed by atoms with Gasteiger partial charge in [0.1, 0.15) is 36.0 Å². The second-order valence-corrected chi connectivity index (χ2v) is 10.1. The molecule has 0 bridgehead atoms. The summed E-state index contributed by atoms with van der Waals surface area (Å²) >= 11 is 0. The summed E-state index contributed by atoms with van der Waals surface area (Å²) in [4.78, 5) is 21.4. The lowest BCUT2D eigenvalue weighted by Crippen LogP contribution is -2.51. The Labute approximate surface area is 236 Å². The average Bonchev–Trinajstić information content (AvgIpc) is 3.27. The van der Waals surface area contributed by atoms with E-state index in [9.17, 15) is 27.5 Å². The number of nitrogens with one attached hydrogen (secondary N) is 1. The molecule has 13 heteroatoms. The quantitative estimate of drug-likeness (QED) is 0.230. The minimum atomic E-state index is -5.30. The maximum Gasteiger partial charge on any atom is 0.424 e. The van der Waals surface area contributed by atoms with E-state index in [2.05, 4.69) is 15.3 Å². The maximum absolute atomic E-state index is 14.6. The molecule has 0 fully saturated rings. The van der Waals surface area contributed by atoms with Crippen LogP contribution in [0.3, 0.4) is 0 Å². The molecule has 1 amide bonds. The van der Waals surface area contributed by atoms with Crippen molar-refractivity contribution in [3.63, 3.8) is 0 Å². The highest BCUT2D eigenvalue weighted by Gasteiger charge is 2.57. The van der Waals surface area contributed by atoms with Crippen LogP contribution in [-0.2, 0) is 11.1 Å². The van der Waals surface area contributed by atoms with Crippen molar-refractivity contribution < 1.29 is 42.0 Å². The number of hydrogen-bond acceptors (Lipinski definition) is 8. The molecular weight excluding hydrogens is 560 g/mol. The molecule has 1 aliphatic heterocycles. The zero-order chi connectivity index (χ0) is 30.3. The van der Waals surface area contributed by atoms with Crippen LogP contribution in [0.1, 0.15) is 28.5 Å². The van der Waals surface area contributed by atoms with Gasteiger partial charge in [0.2, 0.25) is 5.60 Å². The van der Waals surface area contributed by atoms with Gasteiger partial charge in [-0.1, -0.05) is 6.07 Å². The van der Waals surface area contributed by atoms with Gasteiger partial charge in [0.05, 0.1) is 24.4 Å². The van der Waals surface area contributed by atoms with E-state index in [0.29, 0.717) is 10.9 Å². The molecule has 0 saturated heterocycles. The Morgan fingerprint density at radius 1 is 1.19 bits per heavy atom. The number of nitrogens with two attached hydrogens (primary N) is 1. The second kappa shape index (κ2) is 10.8. The number of amides is 1. The second-order valence-electron chi connectivity index (χ2n) is 10.1. The lowest BCUT2D eigenvalue weighted by molar-refractivity contribution is -0.265. The van der Waals surface area contributed by atoms with Crippen LogP contribution in [0.5, 0.6) is 11.5 Å². The third-order valence-electron chi connectivity index (χ3n) is 6.90. The van der Waals surface area contributed by atoms with Crippen molar-refractivity contribution in [2.45, 2.75) is 24.2 Å². The first-order chi connectivity index (χ1) is 19.8. The molecule has 1 aliphatic rings. The number of fused-ring (bicyclic) bond motifs is 2. The third kappa shape index (κ3) is 5.33. The largest absolute Gasteiger partial charge is 0.489 e. The number of halogens is 4. The predicted molar refractivity (Wildman–Crippen MR) is 143 cm³/mol. The molecule has 0 unspecified atom stereocenters. The maximum atomic E-state index is 14.6. The SMILES string of the molecule is C[C@@]1(N)COc2c1cc([C@](O)(CNC(=O)c1cc(OCCO)c3ncccc3c1)C(F)(F)F)nc2-c1ccc(F)cc1. The highest BCUT2D eigenvalue weighted by atomic mass is 19.4. The first-order valence-electron chi connectivity index (χ1n) is 12.8. The van der Waals surface area contributed by atoms with Crippen LogP contribution in [0.25, 0.3) is 22.2 Å². The monoisotopic (exact) mass is 586 g/mol. The minimum absolute atomic E-state index is 0.0650. The molecule has 2 aromatic carbocycles. The highest BCUT2D eigenvalue weighted by Crippen LogP contribution is 2.46. The fourth-order valence-electron chi connectivity index (χ4n) is 4.62. The number of nitrogens with zero attached hydrogens (tertiary/aromatic N) is 2. The summed E-state index contributed by atoms with van der Waals surface area (Å²) < 4.78 is 68.5. The Hall–Kier alpha value is -4.33. The van der Waals surface area contributed by atoms with Crippen molar-refractivity contribution in [1.82, 2.24) is 15.3 Å². The van der Waals surface area contributed by atoms with E-state index in [-0.39, 0.29) is 53.7 Å². The molecule has 5 rings (SSSR count). The topological polar surface area (TPSA) is 140 Å². The Morgan fingerprint density at radius 2 is 1.93 bits per heavy atom. The molecule has 0 spiro atoms. The lowest BCUT2D eigenvalue weighted by atomic mass is 9.89. The van der Waals surface area contributed by atoms with Gasteiger partial charge in [-0.2, -0.15) is 13.2 Å². The van der Waals surface area contributed by atoms with Crippen molar-refractivity contribution in [2.24, 2.45) is 5.73 Å². The Morgan fingerprint density at radius 3 is 2.62 bits per heavy atom. The number of pyridine rings is 2. The van der Waals surface area contributed by atoms with E-state index >= 15 is 0 Å². The molecule has 9 nitrogen and oxygen atoms in total. The normalized spacial score (nSPS) is 17.8. The molecule has 4 aromatic rings. The molecule has 3 heterocycles. The van der Waals surface area contributed by atoms with E-state index in [0.717, 1.165) is 18.2 Å². The first kappa shape index (κ1) is 29.2. The van der Waals surface area contributed by atoms with Crippen LogP contribution in [0.15, 0.2) is 60.8 Å². The third-order valence-corrected chi connectivity index (χ3v) is 6.90. The number of ether oxygens (including phenoxy) is 2. The van der Waals surface area contributed by atoms with E-state index in [1.807, 2.05) is 0 Å². The lowest BCUT2D eigenvalue weighted by Gasteiger charge is -2.31. The molecule has 2 aromatic heterocycles. The number of benzene rings is 2. The van der Waals surface area contributed by atoms with E-state index in [1.54, 1.807) is 19.1 Å². The first-order valence-corrected chi connectivity index (χ1v) is 12.8. The summed E-state index contributed by atoms with van der Waals surface area (Å²) in [7, 11) is 0. The number of carbonyl (C=O) groups is 1. The number of aliphatic hydroxyl groups excluding tert-OH is 1. The van der Waals surface area contributed by atoms with Crippen molar-refractivity contribution in [1.29, 1.82) is 0 Å². The number of alkyl halides is 3. The molecule has 42 heavy (non-hydrogen) atoms. The van der Waals surface area contributed by atoms with E-state index in [4.69, 9.17) is 20.3 Å². The molecule has 0 aliphatic carbocycles. The molecule has 5 N–H and O–H groups in total. The predicted octanol–water partition coefficient (Wildman–Crippen LogP) is 3.55. The van der Waals surface area contributed by atoms with Crippen LogP contribution in [0.4, 0.5) is 17.6 Å². The van der Waals surface area contributed by atoms with Crippen LogP contribution < -0.4 is 20.5 Å². The van der Waals surface area contributed by atoms with Gasteiger partial charge in [-0.3, -0.25) is 9.78 Å². The number of hydrogen-bond donors (Lipinski definition) is 4. The van der Waals surface area contributed by atoms with Crippen molar-refractivity contribution >= 4 is 16.8 Å². The molecule has 0 radical (unpaired) electrons. The van der Waals surface area contributed by atoms with E-state index in [1.165, 1.54) is 30.5 Å². The smallest absolute Gasteiger partial charge is 0.424 e. The number of carbonyl (C=O) groups excluding carboxylic acids is 1. The summed E-state index contributed by atoms with van der Waals surface area (Å²) in [5, 5.41) is 22.9. The number of rotatable bonds is 8. The summed E-state index contributed by atoms with van der Waals surface area (Å²) in [5.74, 6) is -1.25. The van der Waals surface area contributed by atoms with Crippen molar-refractivity contribution in [3.8, 4) is 22.8 Å². The van der Waals surface area contributed by atoms with E-state index < -0.39 is 41.3 Å². The van der Waals surface area contributed by atoms with Crippen LogP contribution in [-0.4, -0.2) is 58.6 Å². The van der Waals surface area contributed by atoms with Gasteiger partial charge in [0, 0.05) is 28.3 Å². The van der Waals surface area contributed by atoms with Crippen LogP contribution in [0.2, 0.25) is 0 Å². The number of aromatic nitrogens is 2. The zero-order valence-electron chi connectivity index (χ0n) is 22.2. The van der Waals surface area contributed by atoms with Gasteiger partial charge in [0.15, 0.2) is 5.75 Å². The molecule has 220 valence electrons. The van der Waals surface area contributed by atoms with Crippen LogP contribution >= 0.6 is 0 Å². The Balaban J connectivity index is 1.54. The fourth-order valence-corrected chi connectivity index (χ4v) is 4.62. The van der Waals surface area contributed by atoms with Gasteiger partial charge >= 0.3 is 6.18 Å². The highest BCUT2D eigenvalue weighted by molar-refractivity contribution is 5.99. The summed E-state index contributed by atoms with van der Waals surface area (Å²) in [6, 6.07) is 11.8. The summed E-state index contributed by atoms with van der Waals surface area (Å²) in [5.41, 5.74) is 1.24. The number of aliphatic hydroxyl groups is 2. The fraction of sp³-hybridized carbons (Fsp3) is 0.276. The van der Waals surface area contributed by atoms with Gasteiger partial charge < -0.3 is 30.7 Å². The average molecular weight is 587 g/mol. The molecule has 2 atom stereocenters. The Kier molecular flexibility index (Phi) is 7.51. The Bertz CT molecular complexity index is 1650. The van der Waals surface area contributed by atoms with Gasteiger partial charge in [0.25, 0.3) is 5.91 Å². The zero-order valence-corrected chi connectivity index (χ0v) is 22.2. The molecular formula is C29H26F4N4O5. The summed E-state index contributed by atoms with van der Waals surface area (Å²) in [6.07, 6.45) is -3.80. The standard InChI is InChI=1S/C29H26F4N4O5/c1-27(34)15-42-25-20(27)13-22(37-24(25)16-4-6-19(30)7-5-16)28(40,29(31,32)33)14-36-26(39)18-11-17-3-2-8-35-23(17)21(12-18)41-10-9-38/h2-8,11-13,38,40H,9-10,14-15,34H2,1H3,(H,36,39)/t27-,28-/m1/s1. The summed E-state index contributed by atoms with van der Waals surface area (Å²) in [6.45, 7) is -0.237. The minimum Gasteiger partial charge on any atom is -0.489 e. The molecule has 0 saturated carbocycles.